The van der Waals surface area contributed by atoms with Gasteiger partial charge in [0.25, 0.3) is 5.91 Å². The number of methoxy groups -OCH3 is 1. The van der Waals surface area contributed by atoms with Crippen molar-refractivity contribution in [1.29, 1.82) is 0 Å². The molecule has 37 heavy (non-hydrogen) atoms. The van der Waals surface area contributed by atoms with E-state index in [9.17, 15) is 14.4 Å². The lowest BCUT2D eigenvalue weighted by molar-refractivity contribution is -0.144. The second kappa shape index (κ2) is 13.5. The largest absolute Gasteiger partial charge is 0.495 e. The predicted molar refractivity (Wildman–Crippen MR) is 146 cm³/mol. The number of amides is 2. The lowest BCUT2D eigenvalue weighted by Crippen LogP contribution is -2.47. The first-order chi connectivity index (χ1) is 17.9. The first-order valence-corrected chi connectivity index (χ1v) is 12.9. The van der Waals surface area contributed by atoms with Gasteiger partial charge in [-0.05, 0) is 51.1 Å². The Hall–Kier alpha value is -3.75. The van der Waals surface area contributed by atoms with Crippen LogP contribution in [0.15, 0.2) is 42.5 Å². The van der Waals surface area contributed by atoms with E-state index in [1.54, 1.807) is 25.0 Å². The maximum Gasteiger partial charge on any atom is 0.306 e. The van der Waals surface area contributed by atoms with E-state index in [0.717, 1.165) is 43.3 Å². The van der Waals surface area contributed by atoms with Crippen LogP contribution in [0.2, 0.25) is 0 Å². The molecular weight excluding hydrogens is 472 g/mol. The minimum absolute atomic E-state index is 0.0134. The molecule has 2 amide bonds. The molecule has 1 fully saturated rings. The summed E-state index contributed by atoms with van der Waals surface area (Å²) in [6.45, 7) is 10.1. The van der Waals surface area contributed by atoms with Gasteiger partial charge in [-0.2, -0.15) is 0 Å². The molecule has 1 saturated heterocycles. The highest BCUT2D eigenvalue weighted by atomic mass is 16.5. The van der Waals surface area contributed by atoms with E-state index in [1.807, 2.05) is 44.2 Å². The summed E-state index contributed by atoms with van der Waals surface area (Å²) in [6, 6.07) is 13.4. The normalized spacial score (nSPS) is 13.2. The third-order valence-electron chi connectivity index (χ3n) is 6.47. The van der Waals surface area contributed by atoms with Gasteiger partial charge in [-0.15, -0.1) is 0 Å². The zero-order valence-electron chi connectivity index (χ0n) is 22.3. The number of benzene rings is 2. The predicted octanol–water partition coefficient (Wildman–Crippen LogP) is 3.79. The number of carbonyl (C=O) groups is 3. The van der Waals surface area contributed by atoms with Crippen molar-refractivity contribution in [3.63, 3.8) is 0 Å². The summed E-state index contributed by atoms with van der Waals surface area (Å²) in [5.74, 6) is 0.0660. The third-order valence-corrected chi connectivity index (χ3v) is 6.47. The lowest BCUT2D eigenvalue weighted by atomic mass is 10.1. The number of anilines is 3. The second-order valence-corrected chi connectivity index (χ2v) is 8.71. The van der Waals surface area contributed by atoms with Gasteiger partial charge in [-0.3, -0.25) is 14.4 Å². The van der Waals surface area contributed by atoms with Gasteiger partial charge < -0.3 is 29.5 Å². The maximum absolute atomic E-state index is 13.5. The quantitative estimate of drug-likeness (QED) is 0.460. The van der Waals surface area contributed by atoms with Gasteiger partial charge in [0.15, 0.2) is 0 Å². The first-order valence-electron chi connectivity index (χ1n) is 12.9. The van der Waals surface area contributed by atoms with Crippen molar-refractivity contribution in [3.8, 4) is 5.75 Å². The number of ether oxygens (including phenoxy) is 2. The van der Waals surface area contributed by atoms with Crippen molar-refractivity contribution < 1.29 is 23.9 Å². The number of nitrogens with zero attached hydrogens (tertiary/aromatic N) is 3. The van der Waals surface area contributed by atoms with Crippen LogP contribution in [-0.4, -0.2) is 75.7 Å². The van der Waals surface area contributed by atoms with Crippen molar-refractivity contribution in [2.45, 2.75) is 33.6 Å². The number of para-hydroxylation sites is 2. The summed E-state index contributed by atoms with van der Waals surface area (Å²) in [7, 11) is 1.68. The third kappa shape index (κ3) is 7.15. The highest BCUT2D eigenvalue weighted by Gasteiger charge is 2.25. The standard InChI is InChI=1S/C28H38N4O5/c1-5-30(6-2)28(35)22-20-21(29-26(33)14-15-27(34)37-7-3)12-13-23(22)31-16-18-32(19-17-31)24-10-8-9-11-25(24)36-4/h8-13,20H,5-7,14-19H2,1-4H3,(H,29,33). The van der Waals surface area contributed by atoms with E-state index >= 15 is 0 Å². The highest BCUT2D eigenvalue weighted by Crippen LogP contribution is 2.31. The maximum atomic E-state index is 13.5. The van der Waals surface area contributed by atoms with E-state index in [1.165, 1.54) is 0 Å². The lowest BCUT2D eigenvalue weighted by Gasteiger charge is -2.38. The van der Waals surface area contributed by atoms with Crippen LogP contribution in [0.25, 0.3) is 0 Å². The van der Waals surface area contributed by atoms with Crippen LogP contribution >= 0.6 is 0 Å². The number of piperazine rings is 1. The fourth-order valence-corrected chi connectivity index (χ4v) is 4.49. The Bertz CT molecular complexity index is 1080. The average molecular weight is 511 g/mol. The average Bonchev–Trinajstić information content (AvgIpc) is 2.92. The monoisotopic (exact) mass is 510 g/mol. The molecule has 3 rings (SSSR count). The van der Waals surface area contributed by atoms with Crippen LogP contribution in [0.1, 0.15) is 44.0 Å². The molecular formula is C28H38N4O5. The van der Waals surface area contributed by atoms with Crippen LogP contribution in [0.3, 0.4) is 0 Å². The number of rotatable bonds is 11. The molecule has 0 aromatic heterocycles. The van der Waals surface area contributed by atoms with Gasteiger partial charge in [-0.1, -0.05) is 12.1 Å². The molecule has 0 saturated carbocycles. The van der Waals surface area contributed by atoms with Crippen molar-refractivity contribution in [2.24, 2.45) is 0 Å². The van der Waals surface area contributed by atoms with Crippen LogP contribution in [0.4, 0.5) is 17.1 Å². The molecule has 1 heterocycles. The Morgan fingerprint density at radius 2 is 1.54 bits per heavy atom. The van der Waals surface area contributed by atoms with Gasteiger partial charge in [0.1, 0.15) is 5.75 Å². The first kappa shape index (κ1) is 27.8. The van der Waals surface area contributed by atoms with Crippen molar-refractivity contribution in [3.05, 3.63) is 48.0 Å². The van der Waals surface area contributed by atoms with Crippen LogP contribution in [0.5, 0.6) is 5.75 Å². The molecule has 200 valence electrons. The Labute approximate surface area is 219 Å². The van der Waals surface area contributed by atoms with E-state index < -0.39 is 5.97 Å². The summed E-state index contributed by atoms with van der Waals surface area (Å²) in [6.07, 6.45) is 0.0320. The number of nitrogens with one attached hydrogen (secondary N) is 1. The molecule has 0 unspecified atom stereocenters. The summed E-state index contributed by atoms with van der Waals surface area (Å²) < 4.78 is 10.4. The van der Waals surface area contributed by atoms with Crippen LogP contribution in [0, 0.1) is 0 Å². The van der Waals surface area contributed by atoms with Gasteiger partial charge in [0.2, 0.25) is 5.91 Å². The van der Waals surface area contributed by atoms with E-state index in [4.69, 9.17) is 9.47 Å². The molecule has 9 nitrogen and oxygen atoms in total. The smallest absolute Gasteiger partial charge is 0.306 e. The summed E-state index contributed by atoms with van der Waals surface area (Å²) in [5, 5.41) is 2.82. The molecule has 0 atom stereocenters. The minimum atomic E-state index is -0.405. The molecule has 1 aliphatic rings. The van der Waals surface area contributed by atoms with Gasteiger partial charge in [0, 0.05) is 57.1 Å². The SMILES string of the molecule is CCOC(=O)CCC(=O)Nc1ccc(N2CCN(c3ccccc3OC)CC2)c(C(=O)N(CC)CC)c1. The van der Waals surface area contributed by atoms with Crippen molar-refractivity contribution >= 4 is 34.8 Å². The Kier molecular flexibility index (Phi) is 10.2. The van der Waals surface area contributed by atoms with Gasteiger partial charge in [-0.25, -0.2) is 0 Å². The van der Waals surface area contributed by atoms with E-state index in [0.29, 0.717) is 24.3 Å². The van der Waals surface area contributed by atoms with Crippen molar-refractivity contribution in [1.82, 2.24) is 4.90 Å². The fourth-order valence-electron chi connectivity index (χ4n) is 4.49. The molecule has 0 aliphatic carbocycles. The van der Waals surface area contributed by atoms with E-state index in [2.05, 4.69) is 21.2 Å². The molecule has 0 bridgehead atoms. The minimum Gasteiger partial charge on any atom is -0.495 e. The van der Waals surface area contributed by atoms with E-state index in [-0.39, 0.29) is 31.3 Å². The Morgan fingerprint density at radius 1 is 0.892 bits per heavy atom. The molecule has 0 radical (unpaired) electrons. The second-order valence-electron chi connectivity index (χ2n) is 8.71. The number of hydrogen-bond donors (Lipinski definition) is 1. The summed E-state index contributed by atoms with van der Waals surface area (Å²) in [5.41, 5.74) is 2.99. The number of carbonyl (C=O) groups excluding carboxylic acids is 3. The molecule has 0 spiro atoms. The summed E-state index contributed by atoms with van der Waals surface area (Å²) in [4.78, 5) is 43.7. The van der Waals surface area contributed by atoms with Gasteiger partial charge >= 0.3 is 5.97 Å². The topological polar surface area (TPSA) is 91.4 Å². The fraction of sp³-hybridized carbons (Fsp3) is 0.464. The number of hydrogen-bond acceptors (Lipinski definition) is 7. The molecule has 9 heteroatoms. The summed E-state index contributed by atoms with van der Waals surface area (Å²) >= 11 is 0. The zero-order chi connectivity index (χ0) is 26.8. The van der Waals surface area contributed by atoms with Gasteiger partial charge in [0.05, 0.1) is 31.4 Å². The highest BCUT2D eigenvalue weighted by molar-refractivity contribution is 6.02. The molecule has 1 N–H and O–H groups in total. The molecule has 2 aromatic carbocycles. The Morgan fingerprint density at radius 3 is 2.16 bits per heavy atom. The Balaban J connectivity index is 1.78. The number of esters is 1. The van der Waals surface area contributed by atoms with Crippen molar-refractivity contribution in [2.75, 3.05) is 68.1 Å². The molecule has 2 aromatic rings. The zero-order valence-corrected chi connectivity index (χ0v) is 22.3. The van der Waals surface area contributed by atoms with Crippen LogP contribution in [-0.2, 0) is 14.3 Å². The van der Waals surface area contributed by atoms with Crippen LogP contribution < -0.4 is 19.9 Å². The molecule has 1 aliphatic heterocycles.